The number of anilines is 2. The minimum atomic E-state index is -3.74. The number of benzene rings is 1. The number of nitrogens with zero attached hydrogens (tertiary/aromatic N) is 2. The molecule has 0 aliphatic rings. The zero-order chi connectivity index (χ0) is 14.8. The average molecular weight is 292 g/mol. The van der Waals surface area contributed by atoms with Gasteiger partial charge >= 0.3 is 0 Å². The summed E-state index contributed by atoms with van der Waals surface area (Å²) in [6.07, 6.45) is 3.40. The van der Waals surface area contributed by atoms with Gasteiger partial charge in [0.2, 0.25) is 10.0 Å². The van der Waals surface area contributed by atoms with Crippen molar-refractivity contribution in [3.63, 3.8) is 0 Å². The topological polar surface area (TPSA) is 102 Å². The maximum atomic E-state index is 11.4. The van der Waals surface area contributed by atoms with Crippen LogP contribution in [0.2, 0.25) is 0 Å². The summed E-state index contributed by atoms with van der Waals surface area (Å²) in [7, 11) is -1.91. The Balaban J connectivity index is 2.32. The molecule has 2 rings (SSSR count). The second kappa shape index (κ2) is 5.48. The van der Waals surface area contributed by atoms with Gasteiger partial charge in [-0.25, -0.2) is 13.6 Å². The third-order valence-electron chi connectivity index (χ3n) is 2.91. The molecular formula is C13H16N4O2S. The molecule has 0 saturated carbocycles. The van der Waals surface area contributed by atoms with Gasteiger partial charge in [0.1, 0.15) is 0 Å². The van der Waals surface area contributed by atoms with Gasteiger partial charge in [0.25, 0.3) is 0 Å². The van der Waals surface area contributed by atoms with Crippen molar-refractivity contribution in [3.8, 4) is 0 Å². The molecule has 0 unspecified atom stereocenters. The van der Waals surface area contributed by atoms with Crippen molar-refractivity contribution in [2.75, 3.05) is 17.7 Å². The first kappa shape index (κ1) is 14.3. The number of nitrogens with two attached hydrogens (primary N) is 2. The second-order valence-corrected chi connectivity index (χ2v) is 6.04. The van der Waals surface area contributed by atoms with Crippen molar-refractivity contribution < 1.29 is 8.42 Å². The van der Waals surface area contributed by atoms with E-state index in [2.05, 4.69) is 4.98 Å². The van der Waals surface area contributed by atoms with Crippen molar-refractivity contribution in [2.24, 2.45) is 5.14 Å². The van der Waals surface area contributed by atoms with Crippen LogP contribution in [0, 0.1) is 0 Å². The molecular weight excluding hydrogens is 276 g/mol. The number of primary sulfonamides is 1. The van der Waals surface area contributed by atoms with Crippen LogP contribution in [0.25, 0.3) is 0 Å². The Labute approximate surface area is 118 Å². The molecule has 7 heteroatoms. The van der Waals surface area contributed by atoms with E-state index >= 15 is 0 Å². The van der Waals surface area contributed by atoms with Gasteiger partial charge in [-0.2, -0.15) is 0 Å². The van der Waals surface area contributed by atoms with Crippen LogP contribution in [0.3, 0.4) is 0 Å². The molecule has 0 bridgehead atoms. The van der Waals surface area contributed by atoms with Gasteiger partial charge in [0.15, 0.2) is 0 Å². The molecule has 0 spiro atoms. The summed E-state index contributed by atoms with van der Waals surface area (Å²) < 4.78 is 22.8. The van der Waals surface area contributed by atoms with Gasteiger partial charge in [-0.15, -0.1) is 0 Å². The monoisotopic (exact) mass is 292 g/mol. The Morgan fingerprint density at radius 3 is 2.45 bits per heavy atom. The highest BCUT2D eigenvalue weighted by molar-refractivity contribution is 7.89. The van der Waals surface area contributed by atoms with Crippen LogP contribution in [0.4, 0.5) is 11.4 Å². The van der Waals surface area contributed by atoms with Crippen molar-refractivity contribution in [2.45, 2.75) is 11.4 Å². The summed E-state index contributed by atoms with van der Waals surface area (Å²) in [5, 5.41) is 5.13. The molecule has 0 atom stereocenters. The molecule has 0 aliphatic carbocycles. The van der Waals surface area contributed by atoms with Crippen molar-refractivity contribution in [3.05, 3.63) is 48.3 Å². The predicted molar refractivity (Wildman–Crippen MR) is 78.6 cm³/mol. The molecule has 20 heavy (non-hydrogen) atoms. The van der Waals surface area contributed by atoms with Crippen molar-refractivity contribution >= 4 is 21.4 Å². The van der Waals surface area contributed by atoms with E-state index in [-0.39, 0.29) is 4.90 Å². The quantitative estimate of drug-likeness (QED) is 0.817. The molecule has 4 N–H and O–H groups in total. The first-order valence-corrected chi connectivity index (χ1v) is 7.45. The SMILES string of the molecule is CN(Cc1ccncc1)c1cc(S(N)(=O)=O)ccc1N. The average Bonchev–Trinajstić information content (AvgIpc) is 2.39. The molecule has 0 radical (unpaired) electrons. The Bertz CT molecular complexity index is 702. The molecule has 0 saturated heterocycles. The molecule has 6 nitrogen and oxygen atoms in total. The lowest BCUT2D eigenvalue weighted by Gasteiger charge is -2.21. The third kappa shape index (κ3) is 3.25. The second-order valence-electron chi connectivity index (χ2n) is 4.48. The van der Waals surface area contributed by atoms with Gasteiger partial charge in [0.05, 0.1) is 16.3 Å². The molecule has 0 fully saturated rings. The van der Waals surface area contributed by atoms with E-state index in [0.717, 1.165) is 5.56 Å². The summed E-state index contributed by atoms with van der Waals surface area (Å²) in [6, 6.07) is 8.19. The maximum absolute atomic E-state index is 11.4. The number of hydrogen-bond donors (Lipinski definition) is 2. The van der Waals surface area contributed by atoms with E-state index < -0.39 is 10.0 Å². The van der Waals surface area contributed by atoms with E-state index in [1.54, 1.807) is 12.4 Å². The zero-order valence-corrected chi connectivity index (χ0v) is 11.8. The summed E-state index contributed by atoms with van der Waals surface area (Å²) >= 11 is 0. The van der Waals surface area contributed by atoms with Gasteiger partial charge in [-0.05, 0) is 35.9 Å². The first-order valence-electron chi connectivity index (χ1n) is 5.90. The normalized spacial score (nSPS) is 11.3. The molecule has 0 amide bonds. The molecule has 1 aromatic heterocycles. The molecule has 106 valence electrons. The highest BCUT2D eigenvalue weighted by Gasteiger charge is 2.13. The highest BCUT2D eigenvalue weighted by Crippen LogP contribution is 2.26. The molecule has 1 heterocycles. The molecule has 0 aliphatic heterocycles. The van der Waals surface area contributed by atoms with E-state index in [1.807, 2.05) is 24.1 Å². The number of rotatable bonds is 4. The minimum absolute atomic E-state index is 0.0447. The lowest BCUT2D eigenvalue weighted by Crippen LogP contribution is -2.19. The van der Waals surface area contributed by atoms with Crippen LogP contribution in [-0.2, 0) is 16.6 Å². The maximum Gasteiger partial charge on any atom is 0.238 e. The lowest BCUT2D eigenvalue weighted by molar-refractivity contribution is 0.598. The van der Waals surface area contributed by atoms with Gasteiger partial charge < -0.3 is 10.6 Å². The Morgan fingerprint density at radius 2 is 1.85 bits per heavy atom. The largest absolute Gasteiger partial charge is 0.397 e. The van der Waals surface area contributed by atoms with E-state index in [0.29, 0.717) is 17.9 Å². The number of nitrogen functional groups attached to an aromatic ring is 1. The minimum Gasteiger partial charge on any atom is -0.397 e. The Hall–Kier alpha value is -2.12. The third-order valence-corrected chi connectivity index (χ3v) is 3.82. The van der Waals surface area contributed by atoms with Gasteiger partial charge in [0, 0.05) is 26.0 Å². The summed E-state index contributed by atoms with van der Waals surface area (Å²) in [5.41, 5.74) is 8.06. The Morgan fingerprint density at radius 1 is 1.20 bits per heavy atom. The molecule has 2 aromatic rings. The number of aromatic nitrogens is 1. The van der Waals surface area contributed by atoms with Gasteiger partial charge in [-0.1, -0.05) is 0 Å². The van der Waals surface area contributed by atoms with Crippen LogP contribution in [0.1, 0.15) is 5.56 Å². The fourth-order valence-corrected chi connectivity index (χ4v) is 2.41. The fraction of sp³-hybridized carbons (Fsp3) is 0.154. The van der Waals surface area contributed by atoms with Crippen molar-refractivity contribution in [1.82, 2.24) is 4.98 Å². The summed E-state index contributed by atoms with van der Waals surface area (Å²) in [6.45, 7) is 0.584. The van der Waals surface area contributed by atoms with Crippen LogP contribution < -0.4 is 15.8 Å². The highest BCUT2D eigenvalue weighted by atomic mass is 32.2. The van der Waals surface area contributed by atoms with E-state index in [9.17, 15) is 8.42 Å². The van der Waals surface area contributed by atoms with E-state index in [4.69, 9.17) is 10.9 Å². The fourth-order valence-electron chi connectivity index (χ4n) is 1.88. The predicted octanol–water partition coefficient (Wildman–Crippen LogP) is 0.948. The van der Waals surface area contributed by atoms with Crippen LogP contribution in [0.5, 0.6) is 0 Å². The molecule has 1 aromatic carbocycles. The Kier molecular flexibility index (Phi) is 3.91. The zero-order valence-electron chi connectivity index (χ0n) is 11.0. The summed E-state index contributed by atoms with van der Waals surface area (Å²) in [4.78, 5) is 5.86. The number of hydrogen-bond acceptors (Lipinski definition) is 5. The number of sulfonamides is 1. The standard InChI is InChI=1S/C13H16N4O2S/c1-17(9-10-4-6-16-7-5-10)13-8-11(20(15,18)19)2-3-12(13)14/h2-8H,9,14H2,1H3,(H2,15,18,19). The first-order chi connectivity index (χ1) is 9.38. The van der Waals surface area contributed by atoms with Crippen molar-refractivity contribution in [1.29, 1.82) is 0 Å². The van der Waals surface area contributed by atoms with Crippen LogP contribution in [0.15, 0.2) is 47.6 Å². The van der Waals surface area contributed by atoms with Crippen LogP contribution in [-0.4, -0.2) is 20.4 Å². The number of pyridine rings is 1. The van der Waals surface area contributed by atoms with E-state index in [1.165, 1.54) is 18.2 Å². The smallest absolute Gasteiger partial charge is 0.238 e. The van der Waals surface area contributed by atoms with Crippen LogP contribution >= 0.6 is 0 Å². The lowest BCUT2D eigenvalue weighted by atomic mass is 10.2. The van der Waals surface area contributed by atoms with Gasteiger partial charge in [-0.3, -0.25) is 4.98 Å². The summed E-state index contributed by atoms with van der Waals surface area (Å²) in [5.74, 6) is 0.